The van der Waals surface area contributed by atoms with E-state index in [-0.39, 0.29) is 0 Å². The van der Waals surface area contributed by atoms with E-state index < -0.39 is 0 Å². The summed E-state index contributed by atoms with van der Waals surface area (Å²) in [6, 6.07) is 31.0. The van der Waals surface area contributed by atoms with Gasteiger partial charge in [-0.3, -0.25) is 0 Å². The minimum absolute atomic E-state index is 1.12. The Balaban J connectivity index is 1.62. The second kappa shape index (κ2) is 6.74. The Bertz CT molecular complexity index is 1430. The maximum absolute atomic E-state index is 2.45. The molecule has 0 amide bonds. The molecule has 0 spiro atoms. The number of para-hydroxylation sites is 1. The van der Waals surface area contributed by atoms with Crippen LogP contribution in [0.15, 0.2) is 91.0 Å². The summed E-state index contributed by atoms with van der Waals surface area (Å²) in [5.74, 6) is 0. The van der Waals surface area contributed by atoms with Crippen molar-refractivity contribution < 1.29 is 0 Å². The van der Waals surface area contributed by atoms with E-state index in [2.05, 4.69) is 109 Å². The van der Waals surface area contributed by atoms with Crippen LogP contribution in [-0.4, -0.2) is 4.57 Å². The van der Waals surface area contributed by atoms with E-state index in [0.717, 1.165) is 12.8 Å². The van der Waals surface area contributed by atoms with Gasteiger partial charge in [0.1, 0.15) is 0 Å². The maximum atomic E-state index is 2.45. The molecule has 1 heteroatoms. The Labute approximate surface area is 176 Å². The zero-order valence-electron chi connectivity index (χ0n) is 17.1. The predicted molar refractivity (Wildman–Crippen MR) is 128 cm³/mol. The lowest BCUT2D eigenvalue weighted by Gasteiger charge is -2.15. The van der Waals surface area contributed by atoms with Crippen molar-refractivity contribution in [2.75, 3.05) is 0 Å². The molecule has 0 saturated carbocycles. The summed E-state index contributed by atoms with van der Waals surface area (Å²) < 4.78 is 2.45. The molecular weight excluding hydrogens is 362 g/mol. The van der Waals surface area contributed by atoms with Crippen LogP contribution in [0.2, 0.25) is 0 Å². The number of aromatic nitrogens is 1. The number of fused-ring (bicyclic) bond motifs is 5. The standard InChI is InChI=1S/C29H23N/c1-20-8-2-4-10-24(20)22-14-17-23(18-15-22)30-28-13-7-6-12-26(28)27-19-16-21-9-3-5-11-25(21)29(27)30/h2,4-8,10-19H,3,9H2,1H3. The lowest BCUT2D eigenvalue weighted by molar-refractivity contribution is 0.986. The van der Waals surface area contributed by atoms with Gasteiger partial charge in [-0.25, -0.2) is 0 Å². The summed E-state index contributed by atoms with van der Waals surface area (Å²) in [5.41, 5.74) is 10.5. The van der Waals surface area contributed by atoms with Crippen molar-refractivity contribution in [3.05, 3.63) is 108 Å². The normalized spacial score (nSPS) is 13.1. The summed E-state index contributed by atoms with van der Waals surface area (Å²) in [5, 5.41) is 2.65. The molecule has 0 fully saturated rings. The van der Waals surface area contributed by atoms with E-state index in [1.54, 1.807) is 0 Å². The lowest BCUT2D eigenvalue weighted by Crippen LogP contribution is -2.00. The number of nitrogens with zero attached hydrogens (tertiary/aromatic N) is 1. The van der Waals surface area contributed by atoms with Crippen LogP contribution in [0.1, 0.15) is 23.1 Å². The molecule has 0 aliphatic heterocycles. The maximum Gasteiger partial charge on any atom is 0.0616 e. The molecule has 6 rings (SSSR count). The Morgan fingerprint density at radius 1 is 0.733 bits per heavy atom. The molecule has 0 atom stereocenters. The summed E-state index contributed by atoms with van der Waals surface area (Å²) in [6.45, 7) is 2.18. The van der Waals surface area contributed by atoms with Crippen molar-refractivity contribution in [2.24, 2.45) is 0 Å². The molecule has 4 aromatic carbocycles. The summed E-state index contributed by atoms with van der Waals surface area (Å²) in [7, 11) is 0. The molecule has 0 bridgehead atoms. The van der Waals surface area contributed by atoms with Gasteiger partial charge in [0.15, 0.2) is 0 Å². The zero-order valence-corrected chi connectivity index (χ0v) is 17.1. The van der Waals surface area contributed by atoms with E-state index in [1.165, 1.54) is 55.3 Å². The average molecular weight is 386 g/mol. The fraction of sp³-hybridized carbons (Fsp3) is 0.103. The van der Waals surface area contributed by atoms with E-state index in [0.29, 0.717) is 0 Å². The highest BCUT2D eigenvalue weighted by Crippen LogP contribution is 2.37. The molecule has 0 saturated heterocycles. The Kier molecular flexibility index (Phi) is 3.89. The lowest BCUT2D eigenvalue weighted by atomic mass is 9.95. The van der Waals surface area contributed by atoms with Crippen molar-refractivity contribution >= 4 is 27.9 Å². The summed E-state index contributed by atoms with van der Waals surface area (Å²) in [4.78, 5) is 0. The third kappa shape index (κ3) is 2.55. The van der Waals surface area contributed by atoms with Crippen molar-refractivity contribution in [3.63, 3.8) is 0 Å². The van der Waals surface area contributed by atoms with Gasteiger partial charge in [0.2, 0.25) is 0 Å². The van der Waals surface area contributed by atoms with Crippen LogP contribution in [0.5, 0.6) is 0 Å². The Hall–Kier alpha value is -3.58. The molecule has 30 heavy (non-hydrogen) atoms. The third-order valence-electron chi connectivity index (χ3n) is 6.41. The molecule has 0 unspecified atom stereocenters. The van der Waals surface area contributed by atoms with Crippen LogP contribution in [0.25, 0.3) is 44.7 Å². The Morgan fingerprint density at radius 2 is 1.53 bits per heavy atom. The van der Waals surface area contributed by atoms with E-state index in [1.807, 2.05) is 0 Å². The van der Waals surface area contributed by atoms with Gasteiger partial charge >= 0.3 is 0 Å². The van der Waals surface area contributed by atoms with Crippen LogP contribution < -0.4 is 0 Å². The number of aryl methyl sites for hydroxylation is 2. The fourth-order valence-electron chi connectivity index (χ4n) is 4.92. The first kappa shape index (κ1) is 17.3. The first-order valence-corrected chi connectivity index (χ1v) is 10.7. The molecule has 1 heterocycles. The SMILES string of the molecule is Cc1ccccc1-c1ccc(-n2c3ccccc3c3ccc4c(c32)C=CCC4)cc1. The van der Waals surface area contributed by atoms with Gasteiger partial charge in [-0.2, -0.15) is 0 Å². The molecule has 1 aliphatic rings. The quantitative estimate of drug-likeness (QED) is 0.293. The molecule has 0 radical (unpaired) electrons. The number of hydrogen-bond donors (Lipinski definition) is 0. The zero-order chi connectivity index (χ0) is 20.1. The third-order valence-corrected chi connectivity index (χ3v) is 6.41. The molecule has 1 aliphatic carbocycles. The van der Waals surface area contributed by atoms with Gasteiger partial charge in [-0.15, -0.1) is 0 Å². The first-order valence-electron chi connectivity index (χ1n) is 10.7. The number of allylic oxidation sites excluding steroid dienone is 1. The second-order valence-corrected chi connectivity index (χ2v) is 8.19. The molecule has 144 valence electrons. The largest absolute Gasteiger partial charge is 0.309 e. The van der Waals surface area contributed by atoms with E-state index in [9.17, 15) is 0 Å². The van der Waals surface area contributed by atoms with Gasteiger partial charge in [0.05, 0.1) is 11.0 Å². The van der Waals surface area contributed by atoms with Gasteiger partial charge in [-0.05, 0) is 60.2 Å². The van der Waals surface area contributed by atoms with Crippen molar-refractivity contribution in [1.82, 2.24) is 4.57 Å². The number of benzene rings is 4. The summed E-state index contributed by atoms with van der Waals surface area (Å²) >= 11 is 0. The van der Waals surface area contributed by atoms with Gasteiger partial charge in [0.25, 0.3) is 0 Å². The van der Waals surface area contributed by atoms with Crippen LogP contribution >= 0.6 is 0 Å². The second-order valence-electron chi connectivity index (χ2n) is 8.19. The average Bonchev–Trinajstić information content (AvgIpc) is 3.15. The Morgan fingerprint density at radius 3 is 2.40 bits per heavy atom. The highest BCUT2D eigenvalue weighted by atomic mass is 15.0. The molecule has 0 N–H and O–H groups in total. The van der Waals surface area contributed by atoms with Crippen LogP contribution in [0.3, 0.4) is 0 Å². The topological polar surface area (TPSA) is 4.93 Å². The van der Waals surface area contributed by atoms with Crippen LogP contribution in [0, 0.1) is 6.92 Å². The first-order chi connectivity index (χ1) is 14.8. The minimum atomic E-state index is 1.12. The minimum Gasteiger partial charge on any atom is -0.309 e. The van der Waals surface area contributed by atoms with Crippen molar-refractivity contribution in [3.8, 4) is 16.8 Å². The predicted octanol–water partition coefficient (Wildman–Crippen LogP) is 7.72. The monoisotopic (exact) mass is 385 g/mol. The van der Waals surface area contributed by atoms with Crippen molar-refractivity contribution in [2.45, 2.75) is 19.8 Å². The summed E-state index contributed by atoms with van der Waals surface area (Å²) in [6.07, 6.45) is 6.88. The molecule has 5 aromatic rings. The van der Waals surface area contributed by atoms with E-state index in [4.69, 9.17) is 0 Å². The highest BCUT2D eigenvalue weighted by molar-refractivity contribution is 6.12. The van der Waals surface area contributed by atoms with Gasteiger partial charge in [-0.1, -0.05) is 78.9 Å². The molecule has 1 nitrogen and oxygen atoms in total. The molecular formula is C29H23N. The van der Waals surface area contributed by atoms with E-state index >= 15 is 0 Å². The van der Waals surface area contributed by atoms with Crippen molar-refractivity contribution in [1.29, 1.82) is 0 Å². The van der Waals surface area contributed by atoms with Crippen LogP contribution in [-0.2, 0) is 6.42 Å². The highest BCUT2D eigenvalue weighted by Gasteiger charge is 2.17. The molecule has 1 aromatic heterocycles. The fourth-order valence-corrected chi connectivity index (χ4v) is 4.92. The van der Waals surface area contributed by atoms with Crippen LogP contribution in [0.4, 0.5) is 0 Å². The smallest absolute Gasteiger partial charge is 0.0616 e. The van der Waals surface area contributed by atoms with Gasteiger partial charge < -0.3 is 4.57 Å². The number of rotatable bonds is 2. The number of hydrogen-bond acceptors (Lipinski definition) is 0. The van der Waals surface area contributed by atoms with Gasteiger partial charge in [0, 0.05) is 22.0 Å².